The van der Waals surface area contributed by atoms with Gasteiger partial charge in [0, 0.05) is 35.9 Å². The number of rotatable bonds is 3. The van der Waals surface area contributed by atoms with Gasteiger partial charge in [-0.15, -0.1) is 0 Å². The number of anilines is 1. The van der Waals surface area contributed by atoms with E-state index >= 15 is 0 Å². The van der Waals surface area contributed by atoms with Gasteiger partial charge in [-0.25, -0.2) is 0 Å². The summed E-state index contributed by atoms with van der Waals surface area (Å²) in [4.78, 5) is 2.47. The molecule has 17 heavy (non-hydrogen) atoms. The van der Waals surface area contributed by atoms with Gasteiger partial charge in [0.05, 0.1) is 0 Å². The van der Waals surface area contributed by atoms with E-state index < -0.39 is 0 Å². The lowest BCUT2D eigenvalue weighted by Crippen LogP contribution is -2.56. The second kappa shape index (κ2) is 5.74. The van der Waals surface area contributed by atoms with Crippen molar-refractivity contribution in [3.63, 3.8) is 0 Å². The van der Waals surface area contributed by atoms with Crippen molar-refractivity contribution in [3.8, 4) is 0 Å². The van der Waals surface area contributed by atoms with E-state index in [0.717, 1.165) is 18.1 Å². The molecule has 0 radical (unpaired) electrons. The quantitative estimate of drug-likeness (QED) is 0.888. The standard InChI is InChI=1S/C14H21ClN2/c1-3-12-9-17(10-13(4-2)16-12)14-7-5-11(15)6-8-14/h5-8,12-13,16H,3-4,9-10H2,1-2H3/t12-,13-/m1/s1. The van der Waals surface area contributed by atoms with Crippen LogP contribution < -0.4 is 10.2 Å². The van der Waals surface area contributed by atoms with Crippen molar-refractivity contribution in [1.29, 1.82) is 0 Å². The third-order valence-electron chi connectivity index (χ3n) is 3.53. The average Bonchev–Trinajstić information content (AvgIpc) is 2.39. The van der Waals surface area contributed by atoms with Gasteiger partial charge < -0.3 is 10.2 Å². The van der Waals surface area contributed by atoms with Gasteiger partial charge in [0.25, 0.3) is 0 Å². The summed E-state index contributed by atoms with van der Waals surface area (Å²) in [5.74, 6) is 0. The molecule has 2 nitrogen and oxygen atoms in total. The van der Waals surface area contributed by atoms with Gasteiger partial charge in [-0.1, -0.05) is 25.4 Å². The molecule has 2 rings (SSSR count). The molecule has 1 aliphatic heterocycles. The maximum absolute atomic E-state index is 5.93. The molecule has 1 fully saturated rings. The third kappa shape index (κ3) is 3.14. The third-order valence-corrected chi connectivity index (χ3v) is 3.78. The maximum Gasteiger partial charge on any atom is 0.0407 e. The number of halogens is 1. The largest absolute Gasteiger partial charge is 0.368 e. The van der Waals surface area contributed by atoms with Crippen molar-refractivity contribution in [3.05, 3.63) is 29.3 Å². The number of hydrogen-bond donors (Lipinski definition) is 1. The zero-order chi connectivity index (χ0) is 12.3. The Morgan fingerprint density at radius 2 is 1.65 bits per heavy atom. The van der Waals surface area contributed by atoms with Crippen LogP contribution in [0.1, 0.15) is 26.7 Å². The molecule has 1 aliphatic rings. The first-order valence-corrected chi connectivity index (χ1v) is 6.87. The fourth-order valence-electron chi connectivity index (χ4n) is 2.40. The van der Waals surface area contributed by atoms with Crippen molar-refractivity contribution >= 4 is 17.3 Å². The number of nitrogens with one attached hydrogen (secondary N) is 1. The number of hydrogen-bond acceptors (Lipinski definition) is 2. The molecule has 0 aliphatic carbocycles. The van der Waals surface area contributed by atoms with Crippen LogP contribution in [0.25, 0.3) is 0 Å². The fourth-order valence-corrected chi connectivity index (χ4v) is 2.53. The summed E-state index contributed by atoms with van der Waals surface area (Å²) >= 11 is 5.93. The van der Waals surface area contributed by atoms with Crippen LogP contribution in [-0.2, 0) is 0 Å². The van der Waals surface area contributed by atoms with Crippen LogP contribution in [0.15, 0.2) is 24.3 Å². The van der Waals surface area contributed by atoms with Crippen LogP contribution in [0, 0.1) is 0 Å². The summed E-state index contributed by atoms with van der Waals surface area (Å²) in [6.07, 6.45) is 2.36. The summed E-state index contributed by atoms with van der Waals surface area (Å²) in [5.41, 5.74) is 1.28. The molecule has 1 heterocycles. The number of nitrogens with zero attached hydrogens (tertiary/aromatic N) is 1. The highest BCUT2D eigenvalue weighted by atomic mass is 35.5. The first kappa shape index (κ1) is 12.7. The lowest BCUT2D eigenvalue weighted by Gasteiger charge is -2.40. The lowest BCUT2D eigenvalue weighted by atomic mass is 10.0. The Balaban J connectivity index is 2.11. The molecular weight excluding hydrogens is 232 g/mol. The van der Waals surface area contributed by atoms with Crippen LogP contribution in [0.3, 0.4) is 0 Å². The minimum Gasteiger partial charge on any atom is -0.368 e. The molecule has 0 spiro atoms. The van der Waals surface area contributed by atoms with E-state index in [0.29, 0.717) is 12.1 Å². The van der Waals surface area contributed by atoms with E-state index in [-0.39, 0.29) is 0 Å². The minimum atomic E-state index is 0.601. The molecule has 0 unspecified atom stereocenters. The molecule has 0 bridgehead atoms. The molecule has 1 aromatic rings. The minimum absolute atomic E-state index is 0.601. The van der Waals surface area contributed by atoms with E-state index in [4.69, 9.17) is 11.6 Å². The van der Waals surface area contributed by atoms with Crippen LogP contribution in [-0.4, -0.2) is 25.2 Å². The van der Waals surface area contributed by atoms with Crippen molar-refractivity contribution in [2.45, 2.75) is 38.8 Å². The second-order valence-corrected chi connectivity index (χ2v) is 5.19. The first-order valence-electron chi connectivity index (χ1n) is 6.49. The van der Waals surface area contributed by atoms with Crippen molar-refractivity contribution in [2.24, 2.45) is 0 Å². The van der Waals surface area contributed by atoms with Crippen LogP contribution in [0.4, 0.5) is 5.69 Å². The van der Waals surface area contributed by atoms with Gasteiger partial charge in [0.15, 0.2) is 0 Å². The van der Waals surface area contributed by atoms with Crippen LogP contribution in [0.5, 0.6) is 0 Å². The summed E-state index contributed by atoms with van der Waals surface area (Å²) in [6.45, 7) is 6.68. The molecule has 1 N–H and O–H groups in total. The van der Waals surface area contributed by atoms with Gasteiger partial charge in [-0.3, -0.25) is 0 Å². The number of benzene rings is 1. The zero-order valence-corrected chi connectivity index (χ0v) is 11.4. The van der Waals surface area contributed by atoms with Gasteiger partial charge in [-0.2, -0.15) is 0 Å². The molecule has 3 heteroatoms. The van der Waals surface area contributed by atoms with Crippen molar-refractivity contribution < 1.29 is 0 Å². The van der Waals surface area contributed by atoms with E-state index in [1.807, 2.05) is 12.1 Å². The molecule has 2 atom stereocenters. The molecular formula is C14H21ClN2. The molecule has 0 aromatic heterocycles. The SMILES string of the molecule is CC[C@@H]1CN(c2ccc(Cl)cc2)C[C@@H](CC)N1. The van der Waals surface area contributed by atoms with E-state index in [9.17, 15) is 0 Å². The summed E-state index contributed by atoms with van der Waals surface area (Å²) in [7, 11) is 0. The Morgan fingerprint density at radius 3 is 2.12 bits per heavy atom. The monoisotopic (exact) mass is 252 g/mol. The summed E-state index contributed by atoms with van der Waals surface area (Å²) in [6, 6.07) is 9.38. The van der Waals surface area contributed by atoms with Crippen LogP contribution >= 0.6 is 11.6 Å². The Bertz CT molecular complexity index is 338. The molecule has 1 saturated heterocycles. The van der Waals surface area contributed by atoms with Gasteiger partial charge >= 0.3 is 0 Å². The highest BCUT2D eigenvalue weighted by Gasteiger charge is 2.24. The smallest absolute Gasteiger partial charge is 0.0407 e. The normalized spacial score (nSPS) is 25.0. The Morgan fingerprint density at radius 1 is 1.12 bits per heavy atom. The molecule has 0 saturated carbocycles. The van der Waals surface area contributed by atoms with E-state index in [1.165, 1.54) is 18.5 Å². The summed E-state index contributed by atoms with van der Waals surface area (Å²) < 4.78 is 0. The number of piperazine rings is 1. The zero-order valence-electron chi connectivity index (χ0n) is 10.6. The molecule has 0 amide bonds. The van der Waals surface area contributed by atoms with Crippen molar-refractivity contribution in [2.75, 3.05) is 18.0 Å². The predicted octanol–water partition coefficient (Wildman–Crippen LogP) is 3.31. The fraction of sp³-hybridized carbons (Fsp3) is 0.571. The highest BCUT2D eigenvalue weighted by molar-refractivity contribution is 6.30. The molecule has 94 valence electrons. The average molecular weight is 253 g/mol. The van der Waals surface area contributed by atoms with Crippen molar-refractivity contribution in [1.82, 2.24) is 5.32 Å². The Kier molecular flexibility index (Phi) is 4.30. The van der Waals surface area contributed by atoms with Crippen LogP contribution in [0.2, 0.25) is 5.02 Å². The lowest BCUT2D eigenvalue weighted by molar-refractivity contribution is 0.357. The van der Waals surface area contributed by atoms with E-state index in [1.54, 1.807) is 0 Å². The van der Waals surface area contributed by atoms with Gasteiger partial charge in [0.1, 0.15) is 0 Å². The van der Waals surface area contributed by atoms with Gasteiger partial charge in [0.2, 0.25) is 0 Å². The Hall–Kier alpha value is -0.730. The van der Waals surface area contributed by atoms with E-state index in [2.05, 4.69) is 36.2 Å². The molecule has 1 aromatic carbocycles. The summed E-state index contributed by atoms with van der Waals surface area (Å²) in [5, 5.41) is 4.50. The Labute approximate surface area is 109 Å². The van der Waals surface area contributed by atoms with Gasteiger partial charge in [-0.05, 0) is 37.1 Å². The predicted molar refractivity (Wildman–Crippen MR) is 75.0 cm³/mol. The highest BCUT2D eigenvalue weighted by Crippen LogP contribution is 2.21. The first-order chi connectivity index (χ1) is 8.22. The topological polar surface area (TPSA) is 15.3 Å². The maximum atomic E-state index is 5.93. The second-order valence-electron chi connectivity index (χ2n) is 4.76.